The molecule has 0 unspecified atom stereocenters. The molecule has 0 aromatic carbocycles. The van der Waals surface area contributed by atoms with E-state index in [-0.39, 0.29) is 6.09 Å². The molecule has 1 amide bonds. The molecule has 2 saturated carbocycles. The van der Waals surface area contributed by atoms with E-state index in [0.717, 1.165) is 25.7 Å². The Morgan fingerprint density at radius 3 is 1.65 bits per heavy atom. The molecule has 98 valence electrons. The zero-order valence-electron chi connectivity index (χ0n) is 10.6. The molecule has 2 aliphatic carbocycles. The lowest BCUT2D eigenvalue weighted by molar-refractivity contribution is 0.0455. The highest BCUT2D eigenvalue weighted by atomic mass is 16.7. The molecule has 0 atom stereocenters. The minimum atomic E-state index is -0.316. The second-order valence-corrected chi connectivity index (χ2v) is 5.37. The molecule has 17 heavy (non-hydrogen) atoms. The van der Waals surface area contributed by atoms with Crippen LogP contribution in [0.1, 0.15) is 64.2 Å². The van der Waals surface area contributed by atoms with Crippen molar-refractivity contribution in [2.24, 2.45) is 5.90 Å². The topological polar surface area (TPSA) is 55.6 Å². The van der Waals surface area contributed by atoms with Crippen molar-refractivity contribution >= 4 is 6.09 Å². The Balaban J connectivity index is 2.02. The van der Waals surface area contributed by atoms with Gasteiger partial charge in [-0.15, -0.1) is 0 Å². The number of carbonyl (C=O) groups is 1. The van der Waals surface area contributed by atoms with Crippen LogP contribution in [-0.4, -0.2) is 23.1 Å². The SMILES string of the molecule is NOC(=O)N(C1CCCCC1)C1CCCCC1. The van der Waals surface area contributed by atoms with Crippen LogP contribution in [-0.2, 0) is 4.84 Å². The Kier molecular flexibility index (Phi) is 4.66. The Morgan fingerprint density at radius 1 is 0.882 bits per heavy atom. The maximum absolute atomic E-state index is 11.9. The van der Waals surface area contributed by atoms with Crippen LogP contribution in [0.25, 0.3) is 0 Å². The van der Waals surface area contributed by atoms with Gasteiger partial charge in [0.05, 0.1) is 0 Å². The van der Waals surface area contributed by atoms with Gasteiger partial charge in [-0.25, -0.2) is 4.79 Å². The molecular weight excluding hydrogens is 216 g/mol. The van der Waals surface area contributed by atoms with Gasteiger partial charge in [-0.3, -0.25) is 0 Å². The van der Waals surface area contributed by atoms with Gasteiger partial charge in [0.25, 0.3) is 0 Å². The maximum Gasteiger partial charge on any atom is 0.429 e. The average molecular weight is 240 g/mol. The number of rotatable bonds is 2. The largest absolute Gasteiger partial charge is 0.429 e. The van der Waals surface area contributed by atoms with Crippen LogP contribution in [0.4, 0.5) is 4.79 Å². The summed E-state index contributed by atoms with van der Waals surface area (Å²) in [4.78, 5) is 18.4. The lowest BCUT2D eigenvalue weighted by Gasteiger charge is -2.40. The predicted octanol–water partition coefficient (Wildman–Crippen LogP) is 2.96. The number of nitrogens with zero attached hydrogens (tertiary/aromatic N) is 1. The van der Waals surface area contributed by atoms with Crippen molar-refractivity contribution in [3.63, 3.8) is 0 Å². The van der Waals surface area contributed by atoms with Crippen molar-refractivity contribution in [2.75, 3.05) is 0 Å². The van der Waals surface area contributed by atoms with E-state index in [1.54, 1.807) is 0 Å². The zero-order valence-corrected chi connectivity index (χ0v) is 10.6. The Hall–Kier alpha value is -0.770. The highest BCUT2D eigenvalue weighted by molar-refractivity contribution is 5.68. The summed E-state index contributed by atoms with van der Waals surface area (Å²) >= 11 is 0. The summed E-state index contributed by atoms with van der Waals surface area (Å²) in [6.07, 6.45) is 11.7. The third-order valence-corrected chi connectivity index (χ3v) is 4.25. The number of nitrogens with two attached hydrogens (primary N) is 1. The van der Waals surface area contributed by atoms with Gasteiger partial charge in [0.2, 0.25) is 0 Å². The number of amides is 1. The molecule has 2 fully saturated rings. The van der Waals surface area contributed by atoms with Gasteiger partial charge in [0.15, 0.2) is 0 Å². The van der Waals surface area contributed by atoms with Crippen molar-refractivity contribution < 1.29 is 9.63 Å². The van der Waals surface area contributed by atoms with Gasteiger partial charge in [-0.1, -0.05) is 38.5 Å². The first kappa shape index (κ1) is 12.7. The number of hydrogen-bond acceptors (Lipinski definition) is 3. The minimum absolute atomic E-state index is 0.316. The van der Waals surface area contributed by atoms with Crippen molar-refractivity contribution in [2.45, 2.75) is 76.3 Å². The molecular formula is C13H24N2O2. The third kappa shape index (κ3) is 3.12. The highest BCUT2D eigenvalue weighted by Crippen LogP contribution is 2.30. The molecule has 2 rings (SSSR count). The average Bonchev–Trinajstić information content (AvgIpc) is 2.41. The van der Waals surface area contributed by atoms with E-state index in [1.165, 1.54) is 38.5 Å². The van der Waals surface area contributed by atoms with Crippen molar-refractivity contribution in [3.05, 3.63) is 0 Å². The fourth-order valence-corrected chi connectivity index (χ4v) is 3.38. The van der Waals surface area contributed by atoms with Crippen LogP contribution in [0.3, 0.4) is 0 Å². The molecule has 0 spiro atoms. The molecule has 0 aromatic rings. The number of hydrogen-bond donors (Lipinski definition) is 1. The van der Waals surface area contributed by atoms with Gasteiger partial charge in [-0.05, 0) is 25.7 Å². The van der Waals surface area contributed by atoms with E-state index in [2.05, 4.69) is 4.84 Å². The van der Waals surface area contributed by atoms with E-state index in [0.29, 0.717) is 12.1 Å². The smallest absolute Gasteiger partial charge is 0.357 e. The van der Waals surface area contributed by atoms with E-state index in [9.17, 15) is 4.79 Å². The third-order valence-electron chi connectivity index (χ3n) is 4.25. The summed E-state index contributed by atoms with van der Waals surface area (Å²) in [6.45, 7) is 0. The maximum atomic E-state index is 11.9. The molecule has 4 nitrogen and oxygen atoms in total. The molecule has 0 bridgehead atoms. The summed E-state index contributed by atoms with van der Waals surface area (Å²) in [5.41, 5.74) is 0. The summed E-state index contributed by atoms with van der Waals surface area (Å²) < 4.78 is 0. The Morgan fingerprint density at radius 2 is 1.29 bits per heavy atom. The zero-order chi connectivity index (χ0) is 12.1. The van der Waals surface area contributed by atoms with Gasteiger partial charge in [-0.2, -0.15) is 5.90 Å². The second-order valence-electron chi connectivity index (χ2n) is 5.37. The van der Waals surface area contributed by atoms with Gasteiger partial charge >= 0.3 is 6.09 Å². The highest BCUT2D eigenvalue weighted by Gasteiger charge is 2.33. The molecule has 0 saturated heterocycles. The molecule has 0 aromatic heterocycles. The molecule has 0 radical (unpaired) electrons. The van der Waals surface area contributed by atoms with Crippen LogP contribution < -0.4 is 5.90 Å². The van der Waals surface area contributed by atoms with Gasteiger partial charge in [0.1, 0.15) is 0 Å². The van der Waals surface area contributed by atoms with Crippen molar-refractivity contribution in [3.8, 4) is 0 Å². The Bertz CT molecular complexity index is 228. The van der Waals surface area contributed by atoms with Crippen LogP contribution >= 0.6 is 0 Å². The number of carbonyl (C=O) groups excluding carboxylic acids is 1. The second kappa shape index (κ2) is 6.24. The molecule has 4 heteroatoms. The van der Waals surface area contributed by atoms with Crippen LogP contribution in [0.15, 0.2) is 0 Å². The quantitative estimate of drug-likeness (QED) is 0.755. The first-order valence-electron chi connectivity index (χ1n) is 7.02. The first-order valence-corrected chi connectivity index (χ1v) is 7.02. The van der Waals surface area contributed by atoms with E-state index in [4.69, 9.17) is 5.90 Å². The fraction of sp³-hybridized carbons (Fsp3) is 0.923. The van der Waals surface area contributed by atoms with E-state index < -0.39 is 0 Å². The standard InChI is InChI=1S/C13H24N2O2/c14-17-13(16)15(11-7-3-1-4-8-11)12-9-5-2-6-10-12/h11-12H,1-10,14H2. The summed E-state index contributed by atoms with van der Waals surface area (Å²) in [6, 6.07) is 0.728. The fourth-order valence-electron chi connectivity index (χ4n) is 3.38. The van der Waals surface area contributed by atoms with Crippen molar-refractivity contribution in [1.29, 1.82) is 0 Å². The van der Waals surface area contributed by atoms with E-state index >= 15 is 0 Å². The lowest BCUT2D eigenvalue weighted by Crippen LogP contribution is -2.49. The molecule has 0 aliphatic heterocycles. The molecule has 2 N–H and O–H groups in total. The normalized spacial score (nSPS) is 23.4. The Labute approximate surface area is 103 Å². The summed E-state index contributed by atoms with van der Waals surface area (Å²) in [7, 11) is 0. The lowest BCUT2D eigenvalue weighted by atomic mass is 9.89. The van der Waals surface area contributed by atoms with Crippen LogP contribution in [0.2, 0.25) is 0 Å². The van der Waals surface area contributed by atoms with Crippen LogP contribution in [0.5, 0.6) is 0 Å². The van der Waals surface area contributed by atoms with Gasteiger partial charge < -0.3 is 9.74 Å². The van der Waals surface area contributed by atoms with Crippen LogP contribution in [0, 0.1) is 0 Å². The minimum Gasteiger partial charge on any atom is -0.357 e. The van der Waals surface area contributed by atoms with E-state index in [1.807, 2.05) is 4.90 Å². The van der Waals surface area contributed by atoms with Crippen molar-refractivity contribution in [1.82, 2.24) is 4.90 Å². The summed E-state index contributed by atoms with van der Waals surface area (Å²) in [5.74, 6) is 5.10. The first-order chi connectivity index (χ1) is 8.33. The predicted molar refractivity (Wildman–Crippen MR) is 66.3 cm³/mol. The monoisotopic (exact) mass is 240 g/mol. The summed E-state index contributed by atoms with van der Waals surface area (Å²) in [5, 5.41) is 0. The molecule has 0 heterocycles. The molecule has 2 aliphatic rings. The van der Waals surface area contributed by atoms with Gasteiger partial charge in [0, 0.05) is 12.1 Å².